The summed E-state index contributed by atoms with van der Waals surface area (Å²) in [5.74, 6) is 0.332. The number of aldehydes is 1. The summed E-state index contributed by atoms with van der Waals surface area (Å²) in [6.45, 7) is 0. The van der Waals surface area contributed by atoms with Crippen LogP contribution in [0.2, 0.25) is 0 Å². The van der Waals surface area contributed by atoms with E-state index >= 15 is 0 Å². The number of carbonyl (C=O) groups is 1. The Bertz CT molecular complexity index is 431. The lowest BCUT2D eigenvalue weighted by Crippen LogP contribution is -1.90. The molecule has 0 aliphatic carbocycles. The normalized spacial score (nSPS) is 10.2. The lowest BCUT2D eigenvalue weighted by atomic mass is 10.4. The van der Waals surface area contributed by atoms with Crippen molar-refractivity contribution in [1.82, 2.24) is 19.7 Å². The molecule has 0 radical (unpaired) electrons. The molecule has 2 rings (SSSR count). The van der Waals surface area contributed by atoms with Crippen molar-refractivity contribution >= 4 is 6.29 Å². The third-order valence-electron chi connectivity index (χ3n) is 1.59. The maximum absolute atomic E-state index is 10.3. The van der Waals surface area contributed by atoms with Crippen LogP contribution in [0.4, 0.5) is 0 Å². The Morgan fingerprint density at radius 1 is 1.62 bits per heavy atom. The van der Waals surface area contributed by atoms with Crippen molar-refractivity contribution in [3.63, 3.8) is 0 Å². The predicted octanol–water partition coefficient (Wildman–Crippen LogP) is 0.283. The molecule has 0 spiro atoms. The van der Waals surface area contributed by atoms with Crippen molar-refractivity contribution in [2.75, 3.05) is 0 Å². The van der Waals surface area contributed by atoms with Crippen molar-refractivity contribution in [2.45, 2.75) is 0 Å². The first-order chi connectivity index (χ1) is 6.31. The number of aromatic nitrogens is 4. The lowest BCUT2D eigenvalue weighted by Gasteiger charge is -1.92. The summed E-state index contributed by atoms with van der Waals surface area (Å²) in [5.41, 5.74) is 0.705. The van der Waals surface area contributed by atoms with Crippen LogP contribution < -0.4 is 0 Å². The average Bonchev–Trinajstić information content (AvgIpc) is 2.71. The standard InChI is InChI=1S/C7H6N4O2/c1-11-4-8-2-5(11)7-9-6(3-12)13-10-7/h2-4H,1H3. The molecule has 0 saturated carbocycles. The maximum atomic E-state index is 10.3. The summed E-state index contributed by atoms with van der Waals surface area (Å²) < 4.78 is 6.36. The quantitative estimate of drug-likeness (QED) is 0.617. The van der Waals surface area contributed by atoms with Crippen LogP contribution in [0.15, 0.2) is 17.0 Å². The van der Waals surface area contributed by atoms with Gasteiger partial charge >= 0.3 is 0 Å². The fourth-order valence-electron chi connectivity index (χ4n) is 0.960. The van der Waals surface area contributed by atoms with Gasteiger partial charge in [0, 0.05) is 7.05 Å². The van der Waals surface area contributed by atoms with Crippen LogP contribution in [0.5, 0.6) is 0 Å². The molecular weight excluding hydrogens is 172 g/mol. The average molecular weight is 178 g/mol. The molecule has 0 atom stereocenters. The van der Waals surface area contributed by atoms with Gasteiger partial charge < -0.3 is 9.09 Å². The van der Waals surface area contributed by atoms with Gasteiger partial charge in [-0.3, -0.25) is 4.79 Å². The van der Waals surface area contributed by atoms with E-state index in [1.165, 1.54) is 0 Å². The minimum Gasteiger partial charge on any atom is -0.331 e. The molecule has 0 aromatic carbocycles. The van der Waals surface area contributed by atoms with Crippen LogP contribution in [-0.4, -0.2) is 26.0 Å². The molecule has 13 heavy (non-hydrogen) atoms. The lowest BCUT2D eigenvalue weighted by molar-refractivity contribution is 0.108. The third kappa shape index (κ3) is 1.22. The molecule has 0 fully saturated rings. The fourth-order valence-corrected chi connectivity index (χ4v) is 0.960. The summed E-state index contributed by atoms with van der Waals surface area (Å²) >= 11 is 0. The molecule has 6 heteroatoms. The number of aryl methyl sites for hydroxylation is 1. The van der Waals surface area contributed by atoms with Gasteiger partial charge in [0.2, 0.25) is 12.1 Å². The minimum atomic E-state index is -0.0313. The highest BCUT2D eigenvalue weighted by Gasteiger charge is 2.10. The second kappa shape index (κ2) is 2.81. The van der Waals surface area contributed by atoms with Crippen LogP contribution >= 0.6 is 0 Å². The van der Waals surface area contributed by atoms with E-state index in [1.54, 1.807) is 24.1 Å². The summed E-state index contributed by atoms with van der Waals surface area (Å²) in [6, 6.07) is 0. The zero-order valence-corrected chi connectivity index (χ0v) is 6.84. The van der Waals surface area contributed by atoms with Gasteiger partial charge in [0.25, 0.3) is 5.89 Å². The van der Waals surface area contributed by atoms with E-state index in [4.69, 9.17) is 0 Å². The molecule has 0 N–H and O–H groups in total. The molecule has 0 aliphatic heterocycles. The summed E-state index contributed by atoms with van der Waals surface area (Å²) in [7, 11) is 1.80. The van der Waals surface area contributed by atoms with Gasteiger partial charge in [-0.05, 0) is 0 Å². The third-order valence-corrected chi connectivity index (χ3v) is 1.59. The number of carbonyl (C=O) groups excluding carboxylic acids is 1. The van der Waals surface area contributed by atoms with Gasteiger partial charge in [0.15, 0.2) is 0 Å². The van der Waals surface area contributed by atoms with E-state index in [1.807, 2.05) is 0 Å². The molecule has 0 bridgehead atoms. The second-order valence-corrected chi connectivity index (χ2v) is 2.46. The molecular formula is C7H6N4O2. The van der Waals surface area contributed by atoms with Crippen molar-refractivity contribution in [1.29, 1.82) is 0 Å². The molecule has 6 nitrogen and oxygen atoms in total. The van der Waals surface area contributed by atoms with E-state index in [9.17, 15) is 4.79 Å². The van der Waals surface area contributed by atoms with E-state index in [2.05, 4.69) is 19.6 Å². The Hall–Kier alpha value is -1.98. The SMILES string of the molecule is Cn1cncc1-c1noc(C=O)n1. The Balaban J connectivity index is 2.46. The van der Waals surface area contributed by atoms with Gasteiger partial charge in [-0.2, -0.15) is 4.98 Å². The zero-order chi connectivity index (χ0) is 9.26. The van der Waals surface area contributed by atoms with Crippen LogP contribution in [0.1, 0.15) is 10.7 Å². The number of nitrogens with zero attached hydrogens (tertiary/aromatic N) is 4. The van der Waals surface area contributed by atoms with Crippen LogP contribution in [0.25, 0.3) is 11.5 Å². The number of rotatable bonds is 2. The predicted molar refractivity (Wildman–Crippen MR) is 41.9 cm³/mol. The molecule has 66 valence electrons. The largest absolute Gasteiger partial charge is 0.331 e. The number of hydrogen-bond donors (Lipinski definition) is 0. The molecule has 0 amide bonds. The minimum absolute atomic E-state index is 0.0313. The molecule has 0 aliphatic rings. The Labute approximate surface area is 73.2 Å². The Kier molecular flexibility index (Phi) is 1.66. The van der Waals surface area contributed by atoms with Crippen LogP contribution in [0, 0.1) is 0 Å². The smallest absolute Gasteiger partial charge is 0.291 e. The topological polar surface area (TPSA) is 73.8 Å². The zero-order valence-electron chi connectivity index (χ0n) is 6.84. The highest BCUT2D eigenvalue weighted by atomic mass is 16.5. The monoisotopic (exact) mass is 178 g/mol. The van der Waals surface area contributed by atoms with Crippen molar-refractivity contribution in [3.8, 4) is 11.5 Å². The van der Waals surface area contributed by atoms with E-state index in [0.29, 0.717) is 17.8 Å². The summed E-state index contributed by atoms with van der Waals surface area (Å²) in [6.07, 6.45) is 3.72. The Morgan fingerprint density at radius 2 is 2.46 bits per heavy atom. The van der Waals surface area contributed by atoms with Crippen molar-refractivity contribution < 1.29 is 9.32 Å². The van der Waals surface area contributed by atoms with Gasteiger partial charge in [-0.1, -0.05) is 5.16 Å². The van der Waals surface area contributed by atoms with E-state index in [-0.39, 0.29) is 5.89 Å². The highest BCUT2D eigenvalue weighted by Crippen LogP contribution is 2.12. The number of imidazole rings is 1. The Morgan fingerprint density at radius 3 is 3.00 bits per heavy atom. The van der Waals surface area contributed by atoms with Crippen molar-refractivity contribution in [2.24, 2.45) is 7.05 Å². The van der Waals surface area contributed by atoms with Crippen molar-refractivity contribution in [3.05, 3.63) is 18.4 Å². The first-order valence-electron chi connectivity index (χ1n) is 3.57. The summed E-state index contributed by atoms with van der Waals surface area (Å²) in [4.78, 5) is 18.0. The van der Waals surface area contributed by atoms with Gasteiger partial charge in [-0.25, -0.2) is 4.98 Å². The van der Waals surface area contributed by atoms with Gasteiger partial charge in [0.1, 0.15) is 5.69 Å². The highest BCUT2D eigenvalue weighted by molar-refractivity contribution is 5.68. The first kappa shape index (κ1) is 7.66. The first-order valence-corrected chi connectivity index (χ1v) is 3.57. The van der Waals surface area contributed by atoms with E-state index < -0.39 is 0 Å². The van der Waals surface area contributed by atoms with Crippen LogP contribution in [0.3, 0.4) is 0 Å². The molecule has 2 aromatic heterocycles. The molecule has 0 saturated heterocycles. The van der Waals surface area contributed by atoms with Gasteiger partial charge in [0.05, 0.1) is 12.5 Å². The van der Waals surface area contributed by atoms with Crippen LogP contribution in [-0.2, 0) is 7.05 Å². The molecule has 2 aromatic rings. The second-order valence-electron chi connectivity index (χ2n) is 2.46. The van der Waals surface area contributed by atoms with Gasteiger partial charge in [-0.15, -0.1) is 0 Å². The summed E-state index contributed by atoms with van der Waals surface area (Å²) in [5, 5.41) is 3.61. The molecule has 2 heterocycles. The fraction of sp³-hybridized carbons (Fsp3) is 0.143. The van der Waals surface area contributed by atoms with E-state index in [0.717, 1.165) is 0 Å². The maximum Gasteiger partial charge on any atom is 0.291 e. The molecule has 0 unspecified atom stereocenters. The number of hydrogen-bond acceptors (Lipinski definition) is 5.